The van der Waals surface area contributed by atoms with Crippen LogP contribution >= 0.6 is 0 Å². The summed E-state index contributed by atoms with van der Waals surface area (Å²) in [7, 11) is 0. The molecular weight excluding hydrogens is 174 g/mol. The smallest absolute Gasteiger partial charge is 0.270 e. The number of hydrogen-bond donors (Lipinski definition) is 0. The largest absolute Gasteiger partial charge is 0.494 e. The number of alkyl halides is 2. The van der Waals surface area contributed by atoms with Gasteiger partial charge in [-0.05, 0) is 31.2 Å². The molecule has 0 aromatic heterocycles. The molecule has 0 fully saturated rings. The zero-order chi connectivity index (χ0) is 9.90. The van der Waals surface area contributed by atoms with Crippen molar-refractivity contribution in [2.24, 2.45) is 0 Å². The summed E-state index contributed by atoms with van der Waals surface area (Å²) >= 11 is 0. The summed E-state index contributed by atoms with van der Waals surface area (Å²) in [6.45, 7) is 3.27. The summed E-state index contributed by atoms with van der Waals surface area (Å²) in [5.74, 6) is -2.15. The van der Waals surface area contributed by atoms with Gasteiger partial charge in [-0.15, -0.1) is 0 Å². The minimum Gasteiger partial charge on any atom is -0.494 e. The average molecular weight is 186 g/mol. The third kappa shape index (κ3) is 2.68. The van der Waals surface area contributed by atoms with Gasteiger partial charge < -0.3 is 4.74 Å². The van der Waals surface area contributed by atoms with Crippen molar-refractivity contribution in [2.45, 2.75) is 19.8 Å². The molecule has 0 aliphatic rings. The highest BCUT2D eigenvalue weighted by Gasteiger charge is 2.23. The van der Waals surface area contributed by atoms with Crippen molar-refractivity contribution >= 4 is 0 Å². The Hall–Kier alpha value is -1.12. The molecule has 0 unspecified atom stereocenters. The van der Waals surface area contributed by atoms with Crippen LogP contribution in [-0.2, 0) is 5.92 Å². The van der Waals surface area contributed by atoms with Crippen LogP contribution in [0.4, 0.5) is 8.78 Å². The van der Waals surface area contributed by atoms with Crippen LogP contribution in [0, 0.1) is 0 Å². The Morgan fingerprint density at radius 1 is 1.23 bits per heavy atom. The minimum absolute atomic E-state index is 0.0101. The van der Waals surface area contributed by atoms with Gasteiger partial charge >= 0.3 is 0 Å². The van der Waals surface area contributed by atoms with Crippen molar-refractivity contribution < 1.29 is 13.5 Å². The van der Waals surface area contributed by atoms with Gasteiger partial charge in [-0.25, -0.2) is 8.78 Å². The van der Waals surface area contributed by atoms with E-state index in [4.69, 9.17) is 4.74 Å². The van der Waals surface area contributed by atoms with Gasteiger partial charge in [-0.3, -0.25) is 0 Å². The molecule has 1 rings (SSSR count). The molecule has 1 nitrogen and oxygen atoms in total. The second-order valence-electron chi connectivity index (χ2n) is 2.85. The van der Waals surface area contributed by atoms with E-state index in [0.29, 0.717) is 12.4 Å². The molecule has 72 valence electrons. The Morgan fingerprint density at radius 3 is 2.15 bits per heavy atom. The van der Waals surface area contributed by atoms with E-state index in [1.807, 2.05) is 6.92 Å². The lowest BCUT2D eigenvalue weighted by atomic mass is 10.1. The predicted octanol–water partition coefficient (Wildman–Crippen LogP) is 3.20. The molecule has 0 atom stereocenters. The molecule has 0 saturated heterocycles. The first-order valence-electron chi connectivity index (χ1n) is 4.15. The van der Waals surface area contributed by atoms with E-state index in [2.05, 4.69) is 0 Å². The Bertz CT molecular complexity index is 261. The van der Waals surface area contributed by atoms with Gasteiger partial charge in [0.2, 0.25) is 0 Å². The van der Waals surface area contributed by atoms with Crippen molar-refractivity contribution in [1.82, 2.24) is 0 Å². The van der Waals surface area contributed by atoms with Crippen molar-refractivity contribution in [3.8, 4) is 5.75 Å². The van der Waals surface area contributed by atoms with Gasteiger partial charge in [0.05, 0.1) is 6.61 Å². The summed E-state index contributed by atoms with van der Waals surface area (Å²) in [6, 6.07) is 5.86. The highest BCUT2D eigenvalue weighted by molar-refractivity contribution is 5.29. The van der Waals surface area contributed by atoms with Gasteiger partial charge in [-0.1, -0.05) is 0 Å². The molecule has 1 aromatic rings. The molecule has 0 aliphatic heterocycles. The minimum atomic E-state index is -2.77. The SMILES string of the molecule is CCOc1ccc(C(C)(F)F)cc1. The van der Waals surface area contributed by atoms with Crippen molar-refractivity contribution in [1.29, 1.82) is 0 Å². The van der Waals surface area contributed by atoms with Crippen LogP contribution in [0.5, 0.6) is 5.75 Å². The first kappa shape index (κ1) is 9.96. The van der Waals surface area contributed by atoms with Crippen LogP contribution in [0.2, 0.25) is 0 Å². The van der Waals surface area contributed by atoms with Crippen LogP contribution in [-0.4, -0.2) is 6.61 Å². The summed E-state index contributed by atoms with van der Waals surface area (Å²) < 4.78 is 30.6. The maximum atomic E-state index is 12.7. The van der Waals surface area contributed by atoms with Crippen LogP contribution < -0.4 is 4.74 Å². The van der Waals surface area contributed by atoms with E-state index in [0.717, 1.165) is 6.92 Å². The number of ether oxygens (including phenoxy) is 1. The number of hydrogen-bond acceptors (Lipinski definition) is 1. The Kier molecular flexibility index (Phi) is 2.86. The van der Waals surface area contributed by atoms with E-state index in [-0.39, 0.29) is 5.56 Å². The van der Waals surface area contributed by atoms with Gasteiger partial charge in [0.25, 0.3) is 5.92 Å². The normalized spacial score (nSPS) is 11.4. The summed E-state index contributed by atoms with van der Waals surface area (Å²) in [5.41, 5.74) is 0.0101. The Morgan fingerprint density at radius 2 is 1.77 bits per heavy atom. The number of rotatable bonds is 3. The topological polar surface area (TPSA) is 9.23 Å². The lowest BCUT2D eigenvalue weighted by Gasteiger charge is -2.10. The molecular formula is C10H12F2O. The molecule has 3 heteroatoms. The molecule has 1 aromatic carbocycles. The fourth-order valence-electron chi connectivity index (χ4n) is 1.01. The van der Waals surface area contributed by atoms with Crippen LogP contribution in [0.1, 0.15) is 19.4 Å². The average Bonchev–Trinajstić information content (AvgIpc) is 2.04. The molecule has 0 amide bonds. The summed E-state index contributed by atoms with van der Waals surface area (Å²) in [5, 5.41) is 0. The van der Waals surface area contributed by atoms with Crippen molar-refractivity contribution in [3.63, 3.8) is 0 Å². The Labute approximate surface area is 76.3 Å². The van der Waals surface area contributed by atoms with E-state index >= 15 is 0 Å². The second kappa shape index (κ2) is 3.73. The van der Waals surface area contributed by atoms with Crippen LogP contribution in [0.3, 0.4) is 0 Å². The molecule has 0 heterocycles. The van der Waals surface area contributed by atoms with E-state index < -0.39 is 5.92 Å². The summed E-state index contributed by atoms with van der Waals surface area (Å²) in [6.07, 6.45) is 0. The molecule has 0 aliphatic carbocycles. The van der Waals surface area contributed by atoms with E-state index in [1.165, 1.54) is 12.1 Å². The summed E-state index contributed by atoms with van der Waals surface area (Å²) in [4.78, 5) is 0. The monoisotopic (exact) mass is 186 g/mol. The quantitative estimate of drug-likeness (QED) is 0.704. The third-order valence-corrected chi connectivity index (χ3v) is 1.67. The van der Waals surface area contributed by atoms with Gasteiger partial charge in [0, 0.05) is 12.5 Å². The zero-order valence-electron chi connectivity index (χ0n) is 7.68. The molecule has 0 N–H and O–H groups in total. The third-order valence-electron chi connectivity index (χ3n) is 1.67. The lowest BCUT2D eigenvalue weighted by molar-refractivity contribution is 0.0174. The number of benzene rings is 1. The highest BCUT2D eigenvalue weighted by Crippen LogP contribution is 2.27. The molecule has 0 saturated carbocycles. The van der Waals surface area contributed by atoms with Gasteiger partial charge in [0.15, 0.2) is 0 Å². The van der Waals surface area contributed by atoms with Gasteiger partial charge in [-0.2, -0.15) is 0 Å². The van der Waals surface area contributed by atoms with Crippen LogP contribution in [0.25, 0.3) is 0 Å². The molecule has 13 heavy (non-hydrogen) atoms. The lowest BCUT2D eigenvalue weighted by Crippen LogP contribution is -2.06. The second-order valence-corrected chi connectivity index (χ2v) is 2.85. The molecule has 0 bridgehead atoms. The Balaban J connectivity index is 2.81. The zero-order valence-corrected chi connectivity index (χ0v) is 7.68. The maximum absolute atomic E-state index is 12.7. The fourth-order valence-corrected chi connectivity index (χ4v) is 1.01. The standard InChI is InChI=1S/C10H12F2O/c1-3-13-9-6-4-8(5-7-9)10(2,11)12/h4-7H,3H2,1-2H3. The van der Waals surface area contributed by atoms with Crippen LogP contribution in [0.15, 0.2) is 24.3 Å². The molecule has 0 spiro atoms. The number of halogens is 2. The fraction of sp³-hybridized carbons (Fsp3) is 0.400. The maximum Gasteiger partial charge on any atom is 0.270 e. The first-order chi connectivity index (χ1) is 6.04. The van der Waals surface area contributed by atoms with E-state index in [1.54, 1.807) is 12.1 Å². The highest BCUT2D eigenvalue weighted by atomic mass is 19.3. The van der Waals surface area contributed by atoms with Crippen molar-refractivity contribution in [2.75, 3.05) is 6.61 Å². The van der Waals surface area contributed by atoms with Gasteiger partial charge in [0.1, 0.15) is 5.75 Å². The first-order valence-corrected chi connectivity index (χ1v) is 4.15. The van der Waals surface area contributed by atoms with Crippen molar-refractivity contribution in [3.05, 3.63) is 29.8 Å². The molecule has 0 radical (unpaired) electrons. The van der Waals surface area contributed by atoms with E-state index in [9.17, 15) is 8.78 Å². The predicted molar refractivity (Wildman–Crippen MR) is 47.2 cm³/mol.